The van der Waals surface area contributed by atoms with Gasteiger partial charge in [0.1, 0.15) is 0 Å². The molecule has 28 heavy (non-hydrogen) atoms. The predicted octanol–water partition coefficient (Wildman–Crippen LogP) is 4.61. The number of carbonyl (C=O) groups excluding carboxylic acids is 2. The smallest absolute Gasteiger partial charge is 0.363 e. The fourth-order valence-corrected chi connectivity index (χ4v) is 3.29. The van der Waals surface area contributed by atoms with Crippen molar-refractivity contribution in [2.45, 2.75) is 13.8 Å². The number of esters is 2. The van der Waals surface area contributed by atoms with Crippen molar-refractivity contribution in [1.29, 1.82) is 0 Å². The molecule has 2 aromatic carbocycles. The van der Waals surface area contributed by atoms with Gasteiger partial charge < -0.3 is 14.2 Å². The van der Waals surface area contributed by atoms with Gasteiger partial charge in [-0.15, -0.1) is 0 Å². The Morgan fingerprint density at radius 1 is 1.32 bits per heavy atom. The number of cyclic esters (lactones) is 1. The van der Waals surface area contributed by atoms with E-state index < -0.39 is 11.9 Å². The Bertz CT molecular complexity index is 1020. The van der Waals surface area contributed by atoms with E-state index in [0.29, 0.717) is 23.5 Å². The average Bonchev–Trinajstić information content (AvgIpc) is 2.99. The number of carbonyl (C=O) groups is 2. The van der Waals surface area contributed by atoms with Crippen molar-refractivity contribution >= 4 is 58.1 Å². The third-order valence-electron chi connectivity index (χ3n) is 3.57. The van der Waals surface area contributed by atoms with Crippen molar-refractivity contribution in [1.82, 2.24) is 0 Å². The summed E-state index contributed by atoms with van der Waals surface area (Å²) < 4.78 is 16.9. The van der Waals surface area contributed by atoms with Crippen LogP contribution in [0.2, 0.25) is 5.02 Å². The molecule has 144 valence electrons. The lowest BCUT2D eigenvalue weighted by atomic mass is 10.1. The van der Waals surface area contributed by atoms with Gasteiger partial charge in [-0.25, -0.2) is 9.79 Å². The van der Waals surface area contributed by atoms with Gasteiger partial charge in [0.15, 0.2) is 17.2 Å². The van der Waals surface area contributed by atoms with E-state index in [9.17, 15) is 9.59 Å². The highest BCUT2D eigenvalue weighted by molar-refractivity contribution is 14.1. The molecule has 6 nitrogen and oxygen atoms in total. The van der Waals surface area contributed by atoms with Crippen molar-refractivity contribution in [3.8, 4) is 11.5 Å². The SMILES string of the molecule is CCOc1cc(/C=C2\N=C(c3cccc(I)c3)OC2=O)cc(Cl)c1OC(C)=O. The van der Waals surface area contributed by atoms with Crippen molar-refractivity contribution in [2.24, 2.45) is 4.99 Å². The molecule has 2 aromatic rings. The van der Waals surface area contributed by atoms with Crippen molar-refractivity contribution in [3.05, 3.63) is 61.8 Å². The van der Waals surface area contributed by atoms with E-state index in [4.69, 9.17) is 25.8 Å². The molecule has 1 heterocycles. The van der Waals surface area contributed by atoms with Crippen molar-refractivity contribution < 1.29 is 23.8 Å². The third-order valence-corrected chi connectivity index (χ3v) is 4.52. The summed E-state index contributed by atoms with van der Waals surface area (Å²) in [6.45, 7) is 3.42. The van der Waals surface area contributed by atoms with Gasteiger partial charge in [0.2, 0.25) is 5.90 Å². The minimum Gasteiger partial charge on any atom is -0.490 e. The third kappa shape index (κ3) is 4.71. The fourth-order valence-electron chi connectivity index (χ4n) is 2.49. The van der Waals surface area contributed by atoms with Gasteiger partial charge in [0.05, 0.1) is 11.6 Å². The van der Waals surface area contributed by atoms with Gasteiger partial charge in [-0.3, -0.25) is 4.79 Å². The molecule has 1 aliphatic rings. The minimum atomic E-state index is -0.563. The zero-order valence-electron chi connectivity index (χ0n) is 15.0. The van der Waals surface area contributed by atoms with Gasteiger partial charge in [-0.2, -0.15) is 0 Å². The van der Waals surface area contributed by atoms with Crippen LogP contribution in [-0.4, -0.2) is 24.4 Å². The van der Waals surface area contributed by atoms with Crippen LogP contribution in [0.15, 0.2) is 47.1 Å². The summed E-state index contributed by atoms with van der Waals surface area (Å²) >= 11 is 8.41. The lowest BCUT2D eigenvalue weighted by Crippen LogP contribution is -2.06. The first-order valence-corrected chi connectivity index (χ1v) is 9.76. The zero-order valence-corrected chi connectivity index (χ0v) is 17.9. The number of nitrogens with zero attached hydrogens (tertiary/aromatic N) is 1. The number of ether oxygens (including phenoxy) is 3. The largest absolute Gasteiger partial charge is 0.490 e. The summed E-state index contributed by atoms with van der Waals surface area (Å²) in [7, 11) is 0. The highest BCUT2D eigenvalue weighted by atomic mass is 127. The topological polar surface area (TPSA) is 74.2 Å². The Hall–Kier alpha value is -2.39. The number of aliphatic imine (C=N–C) groups is 1. The lowest BCUT2D eigenvalue weighted by molar-refractivity contribution is -0.132. The van der Waals surface area contributed by atoms with Crippen LogP contribution in [0.25, 0.3) is 6.08 Å². The van der Waals surface area contributed by atoms with E-state index in [2.05, 4.69) is 27.6 Å². The Balaban J connectivity index is 1.98. The van der Waals surface area contributed by atoms with E-state index in [-0.39, 0.29) is 22.4 Å². The summed E-state index contributed by atoms with van der Waals surface area (Å²) in [6, 6.07) is 10.6. The minimum absolute atomic E-state index is 0.132. The molecule has 0 N–H and O–H groups in total. The average molecular weight is 512 g/mol. The summed E-state index contributed by atoms with van der Waals surface area (Å²) in [6.07, 6.45) is 1.54. The van der Waals surface area contributed by atoms with Crippen molar-refractivity contribution in [2.75, 3.05) is 6.61 Å². The van der Waals surface area contributed by atoms with Gasteiger partial charge in [-0.05, 0) is 71.5 Å². The first kappa shape index (κ1) is 20.3. The van der Waals surface area contributed by atoms with Crippen molar-refractivity contribution in [3.63, 3.8) is 0 Å². The molecule has 8 heteroatoms. The standard InChI is InChI=1S/C20H15ClINO5/c1-3-26-17-9-12(7-15(21)18(17)27-11(2)24)8-16-20(25)28-19(23-16)13-5-4-6-14(22)10-13/h4-10H,3H2,1-2H3/b16-8-. The summed E-state index contributed by atoms with van der Waals surface area (Å²) in [5.41, 5.74) is 1.40. The van der Waals surface area contributed by atoms with E-state index >= 15 is 0 Å². The highest BCUT2D eigenvalue weighted by Gasteiger charge is 2.25. The second-order valence-electron chi connectivity index (χ2n) is 5.70. The van der Waals surface area contributed by atoms with E-state index in [1.165, 1.54) is 13.0 Å². The van der Waals surface area contributed by atoms with Crippen LogP contribution in [0.5, 0.6) is 11.5 Å². The Kier molecular flexibility index (Phi) is 6.35. The van der Waals surface area contributed by atoms with E-state index in [1.807, 2.05) is 24.3 Å². The molecule has 0 spiro atoms. The Morgan fingerprint density at radius 3 is 2.79 bits per heavy atom. The summed E-state index contributed by atoms with van der Waals surface area (Å²) in [5, 5.41) is 0.182. The molecule has 0 amide bonds. The van der Waals surface area contributed by atoms with Crippen LogP contribution in [0.3, 0.4) is 0 Å². The second-order valence-corrected chi connectivity index (χ2v) is 7.36. The summed E-state index contributed by atoms with van der Waals surface area (Å²) in [5.74, 6) is -0.407. The molecule has 0 aliphatic carbocycles. The number of rotatable bonds is 5. The van der Waals surface area contributed by atoms with Gasteiger partial charge >= 0.3 is 11.9 Å². The quantitative estimate of drug-likeness (QED) is 0.254. The fraction of sp³-hybridized carbons (Fsp3) is 0.150. The molecule has 0 fully saturated rings. The number of benzene rings is 2. The van der Waals surface area contributed by atoms with Crippen LogP contribution in [0.4, 0.5) is 0 Å². The molecule has 3 rings (SSSR count). The number of halogens is 2. The van der Waals surface area contributed by atoms with Crippen LogP contribution >= 0.6 is 34.2 Å². The van der Waals surface area contributed by atoms with E-state index in [0.717, 1.165) is 3.57 Å². The predicted molar refractivity (Wildman–Crippen MR) is 114 cm³/mol. The van der Waals surface area contributed by atoms with Crippen LogP contribution in [-0.2, 0) is 14.3 Å². The molecule has 0 saturated carbocycles. The Morgan fingerprint density at radius 2 is 2.11 bits per heavy atom. The molecule has 0 unspecified atom stereocenters. The lowest BCUT2D eigenvalue weighted by Gasteiger charge is -2.12. The molecular formula is C20H15ClINO5. The number of hydrogen-bond acceptors (Lipinski definition) is 6. The Labute approximate surface area is 180 Å². The maximum Gasteiger partial charge on any atom is 0.363 e. The zero-order chi connectivity index (χ0) is 20.3. The number of hydrogen-bond donors (Lipinski definition) is 0. The monoisotopic (exact) mass is 511 g/mol. The molecule has 1 aliphatic heterocycles. The first-order valence-electron chi connectivity index (χ1n) is 8.30. The molecule has 0 saturated heterocycles. The molecule has 0 atom stereocenters. The van der Waals surface area contributed by atoms with Crippen LogP contribution < -0.4 is 9.47 Å². The maximum absolute atomic E-state index is 12.2. The molecule has 0 radical (unpaired) electrons. The first-order chi connectivity index (χ1) is 13.4. The van der Waals surface area contributed by atoms with Crippen LogP contribution in [0.1, 0.15) is 25.0 Å². The molecule has 0 bridgehead atoms. The van der Waals surface area contributed by atoms with E-state index in [1.54, 1.807) is 19.1 Å². The van der Waals surface area contributed by atoms with Gasteiger partial charge in [-0.1, -0.05) is 17.7 Å². The summed E-state index contributed by atoms with van der Waals surface area (Å²) in [4.78, 5) is 27.8. The molecular weight excluding hydrogens is 497 g/mol. The normalized spacial score (nSPS) is 14.6. The maximum atomic E-state index is 12.2. The molecule has 0 aromatic heterocycles. The van der Waals surface area contributed by atoms with Crippen LogP contribution in [0, 0.1) is 3.57 Å². The van der Waals surface area contributed by atoms with Gasteiger partial charge in [0, 0.05) is 16.1 Å². The highest BCUT2D eigenvalue weighted by Crippen LogP contribution is 2.37. The van der Waals surface area contributed by atoms with Gasteiger partial charge in [0.25, 0.3) is 0 Å². The second kappa shape index (κ2) is 8.74.